The summed E-state index contributed by atoms with van der Waals surface area (Å²) in [5, 5.41) is 0. The molecule has 1 fully saturated rings. The van der Waals surface area contributed by atoms with Crippen LogP contribution in [-0.2, 0) is 31.2 Å². The lowest BCUT2D eigenvalue weighted by Gasteiger charge is -2.28. The van der Waals surface area contributed by atoms with Gasteiger partial charge in [0, 0.05) is 25.6 Å². The highest BCUT2D eigenvalue weighted by Gasteiger charge is 2.34. The first-order chi connectivity index (χ1) is 11.6. The summed E-state index contributed by atoms with van der Waals surface area (Å²) in [6, 6.07) is 3.02. The van der Waals surface area contributed by atoms with Crippen LogP contribution in [0.1, 0.15) is 25.5 Å². The Morgan fingerprint density at radius 3 is 2.60 bits per heavy atom. The van der Waals surface area contributed by atoms with Crippen molar-refractivity contribution in [2.45, 2.75) is 32.4 Å². The van der Waals surface area contributed by atoms with E-state index in [1.165, 1.54) is 15.5 Å². The van der Waals surface area contributed by atoms with Crippen LogP contribution in [0.2, 0.25) is 0 Å². The first-order valence-corrected chi connectivity index (χ1v) is 11.8. The highest BCUT2D eigenvalue weighted by molar-refractivity contribution is 7.91. The quantitative estimate of drug-likeness (QED) is 0.637. The molecule has 10 heteroatoms. The van der Waals surface area contributed by atoms with Gasteiger partial charge >= 0.3 is 0 Å². The van der Waals surface area contributed by atoms with E-state index in [0.717, 1.165) is 6.26 Å². The van der Waals surface area contributed by atoms with Crippen molar-refractivity contribution in [3.63, 3.8) is 0 Å². The molecule has 1 aromatic heterocycles. The summed E-state index contributed by atoms with van der Waals surface area (Å²) in [5.41, 5.74) is 0. The van der Waals surface area contributed by atoms with E-state index >= 15 is 0 Å². The van der Waals surface area contributed by atoms with Gasteiger partial charge in [-0.05, 0) is 25.5 Å². The van der Waals surface area contributed by atoms with Crippen molar-refractivity contribution >= 4 is 25.8 Å². The van der Waals surface area contributed by atoms with Gasteiger partial charge in [-0.2, -0.15) is 4.31 Å². The molecule has 142 valence electrons. The van der Waals surface area contributed by atoms with Crippen molar-refractivity contribution in [3.8, 4) is 0 Å². The number of sulfonamides is 1. The maximum absolute atomic E-state index is 12.5. The number of carbonyl (C=O) groups excluding carboxylic acids is 1. The van der Waals surface area contributed by atoms with Crippen LogP contribution in [0.15, 0.2) is 22.8 Å². The topological polar surface area (TPSA) is 105 Å². The number of sulfone groups is 1. The molecule has 1 amide bonds. The molecule has 2 rings (SSSR count). The van der Waals surface area contributed by atoms with Gasteiger partial charge < -0.3 is 9.32 Å². The van der Waals surface area contributed by atoms with Crippen LogP contribution >= 0.6 is 0 Å². The fraction of sp³-hybridized carbons (Fsp3) is 0.667. The van der Waals surface area contributed by atoms with Crippen LogP contribution in [0, 0.1) is 0 Å². The summed E-state index contributed by atoms with van der Waals surface area (Å²) in [6.07, 6.45) is 2.98. The first kappa shape index (κ1) is 19.9. The molecule has 0 aliphatic carbocycles. The van der Waals surface area contributed by atoms with E-state index in [-0.39, 0.29) is 43.0 Å². The van der Waals surface area contributed by atoms with Crippen LogP contribution in [0.25, 0.3) is 0 Å². The lowest BCUT2D eigenvalue weighted by atomic mass is 10.2. The Morgan fingerprint density at radius 1 is 1.40 bits per heavy atom. The Labute approximate surface area is 148 Å². The predicted octanol–water partition coefficient (Wildman–Crippen LogP) is 0.467. The molecule has 0 spiro atoms. The van der Waals surface area contributed by atoms with Crippen LogP contribution in [0.4, 0.5) is 0 Å². The molecule has 1 aromatic rings. The summed E-state index contributed by atoms with van der Waals surface area (Å²) >= 11 is 0. The summed E-state index contributed by atoms with van der Waals surface area (Å²) in [7, 11) is -6.59. The van der Waals surface area contributed by atoms with Crippen LogP contribution in [0.3, 0.4) is 0 Å². The minimum Gasteiger partial charge on any atom is -0.468 e. The number of furan rings is 1. The van der Waals surface area contributed by atoms with Crippen molar-refractivity contribution in [2.24, 2.45) is 0 Å². The Kier molecular flexibility index (Phi) is 6.28. The van der Waals surface area contributed by atoms with E-state index in [1.54, 1.807) is 19.1 Å². The fourth-order valence-corrected chi connectivity index (χ4v) is 5.48. The number of carbonyl (C=O) groups is 1. The highest BCUT2D eigenvalue weighted by atomic mass is 32.2. The van der Waals surface area contributed by atoms with Gasteiger partial charge in [-0.15, -0.1) is 0 Å². The summed E-state index contributed by atoms with van der Waals surface area (Å²) in [6.45, 7) is 2.27. The minimum atomic E-state index is -3.50. The Morgan fingerprint density at radius 2 is 2.12 bits per heavy atom. The number of hydrogen-bond donors (Lipinski definition) is 0. The summed E-state index contributed by atoms with van der Waals surface area (Å²) in [5.74, 6) is 0.328. The maximum Gasteiger partial charge on any atom is 0.224 e. The van der Waals surface area contributed by atoms with Crippen molar-refractivity contribution in [1.29, 1.82) is 0 Å². The lowest BCUT2D eigenvalue weighted by molar-refractivity contribution is -0.133. The summed E-state index contributed by atoms with van der Waals surface area (Å²) < 4.78 is 53.5. The Hall–Kier alpha value is -1.39. The summed E-state index contributed by atoms with van der Waals surface area (Å²) in [4.78, 5) is 14.0. The maximum atomic E-state index is 12.5. The smallest absolute Gasteiger partial charge is 0.224 e. The molecule has 0 saturated carbocycles. The van der Waals surface area contributed by atoms with Crippen molar-refractivity contribution in [3.05, 3.63) is 24.2 Å². The molecule has 1 aliphatic rings. The second kappa shape index (κ2) is 7.88. The zero-order valence-corrected chi connectivity index (χ0v) is 16.1. The largest absolute Gasteiger partial charge is 0.468 e. The average molecular weight is 392 g/mol. The molecule has 1 unspecified atom stereocenters. The third-order valence-corrected chi connectivity index (χ3v) is 7.27. The van der Waals surface area contributed by atoms with Gasteiger partial charge in [-0.25, -0.2) is 16.8 Å². The molecule has 25 heavy (non-hydrogen) atoms. The number of nitrogens with zero attached hydrogens (tertiary/aromatic N) is 2. The number of hydrogen-bond acceptors (Lipinski definition) is 6. The van der Waals surface area contributed by atoms with E-state index in [9.17, 15) is 21.6 Å². The normalized spacial score (nSPS) is 20.0. The third kappa shape index (κ3) is 5.55. The molecule has 1 saturated heterocycles. The van der Waals surface area contributed by atoms with Crippen molar-refractivity contribution < 1.29 is 26.0 Å². The first-order valence-electron chi connectivity index (χ1n) is 8.10. The molecular formula is C15H24N2O6S2. The minimum absolute atomic E-state index is 0.00182. The predicted molar refractivity (Wildman–Crippen MR) is 93.0 cm³/mol. The SMILES string of the molecule is CCN(C(=O)CCN(Cc1ccco1)S(C)(=O)=O)C1CCS(=O)(=O)C1. The average Bonchev–Trinajstić information content (AvgIpc) is 3.12. The van der Waals surface area contributed by atoms with Gasteiger partial charge in [0.2, 0.25) is 15.9 Å². The van der Waals surface area contributed by atoms with Gasteiger partial charge in [0.1, 0.15) is 5.76 Å². The second-order valence-corrected chi connectivity index (χ2v) is 10.4. The van der Waals surface area contributed by atoms with E-state index in [1.807, 2.05) is 0 Å². The monoisotopic (exact) mass is 392 g/mol. The molecular weight excluding hydrogens is 368 g/mol. The molecule has 2 heterocycles. The lowest BCUT2D eigenvalue weighted by Crippen LogP contribution is -2.42. The molecule has 0 aromatic carbocycles. The van der Waals surface area contributed by atoms with Gasteiger partial charge in [0.05, 0.1) is 30.6 Å². The molecule has 1 atom stereocenters. The molecule has 1 aliphatic heterocycles. The Balaban J connectivity index is 1.99. The second-order valence-electron chi connectivity index (χ2n) is 6.16. The van der Waals surface area contributed by atoms with Crippen molar-refractivity contribution in [2.75, 3.05) is 30.9 Å². The van der Waals surface area contributed by atoms with Crippen molar-refractivity contribution in [1.82, 2.24) is 9.21 Å². The van der Waals surface area contributed by atoms with Crippen LogP contribution < -0.4 is 0 Å². The zero-order valence-electron chi connectivity index (χ0n) is 14.4. The van der Waals surface area contributed by atoms with E-state index in [4.69, 9.17) is 4.42 Å². The highest BCUT2D eigenvalue weighted by Crippen LogP contribution is 2.19. The van der Waals surface area contributed by atoms with E-state index < -0.39 is 19.9 Å². The third-order valence-electron chi connectivity index (χ3n) is 4.27. The molecule has 0 bridgehead atoms. The molecule has 0 radical (unpaired) electrons. The number of rotatable bonds is 8. The van der Waals surface area contributed by atoms with Gasteiger partial charge in [-0.1, -0.05) is 0 Å². The van der Waals surface area contributed by atoms with E-state index in [2.05, 4.69) is 0 Å². The van der Waals surface area contributed by atoms with Crippen LogP contribution in [-0.4, -0.2) is 68.8 Å². The molecule has 8 nitrogen and oxygen atoms in total. The van der Waals surface area contributed by atoms with Gasteiger partial charge in [-0.3, -0.25) is 4.79 Å². The van der Waals surface area contributed by atoms with Gasteiger partial charge in [0.25, 0.3) is 0 Å². The Bertz CT molecular complexity index is 786. The zero-order chi connectivity index (χ0) is 18.7. The van der Waals surface area contributed by atoms with E-state index in [0.29, 0.717) is 18.7 Å². The van der Waals surface area contributed by atoms with Gasteiger partial charge in [0.15, 0.2) is 9.84 Å². The standard InChI is InChI=1S/C15H24N2O6S2/c1-3-17(13-7-10-25(21,22)12-13)15(18)6-8-16(24(2,19)20)11-14-5-4-9-23-14/h4-5,9,13H,3,6-8,10-12H2,1-2H3. The number of amides is 1. The fourth-order valence-electron chi connectivity index (χ4n) is 2.96. The molecule has 0 N–H and O–H groups in total. The van der Waals surface area contributed by atoms with Crippen LogP contribution in [0.5, 0.6) is 0 Å².